The number of ether oxygens (including phenoxy) is 1. The van der Waals surface area contributed by atoms with E-state index >= 15 is 0 Å². The van der Waals surface area contributed by atoms with Crippen molar-refractivity contribution >= 4 is 40.7 Å². The van der Waals surface area contributed by atoms with Crippen LogP contribution >= 0.6 is 34.7 Å². The molecule has 1 fully saturated rings. The van der Waals surface area contributed by atoms with E-state index in [0.717, 1.165) is 15.0 Å². The van der Waals surface area contributed by atoms with E-state index in [4.69, 9.17) is 16.3 Å². The molecule has 1 saturated heterocycles. The first-order valence-corrected chi connectivity index (χ1v) is 7.95. The molecule has 2 atom stereocenters. The molecule has 1 aliphatic rings. The molecular weight excluding hydrogens is 290 g/mol. The number of esters is 1. The Hall–Kier alpha value is -0.230. The summed E-state index contributed by atoms with van der Waals surface area (Å²) in [5.41, 5.74) is -0.437. The average Bonchev–Trinajstić information content (AvgIpc) is 2.82. The molecule has 2 rings (SSSR count). The van der Waals surface area contributed by atoms with Crippen LogP contribution in [0.15, 0.2) is 12.1 Å². The number of hydrogen-bond acceptors (Lipinski definition) is 5. The highest BCUT2D eigenvalue weighted by Crippen LogP contribution is 2.38. The summed E-state index contributed by atoms with van der Waals surface area (Å²) in [4.78, 5) is 13.1. The van der Waals surface area contributed by atoms with Crippen LogP contribution < -0.4 is 5.32 Å². The van der Waals surface area contributed by atoms with Crippen LogP contribution in [-0.2, 0) is 9.53 Å². The second-order valence-electron chi connectivity index (χ2n) is 5.11. The third-order valence-electron chi connectivity index (χ3n) is 2.33. The Morgan fingerprint density at radius 3 is 2.78 bits per heavy atom. The lowest BCUT2D eigenvalue weighted by Gasteiger charge is -2.22. The highest BCUT2D eigenvalue weighted by atomic mass is 35.5. The first-order valence-electron chi connectivity index (χ1n) is 5.71. The fraction of sp³-hybridized carbons (Fsp3) is 0.583. The molecule has 0 aromatic carbocycles. The molecule has 0 saturated carbocycles. The number of carbonyl (C=O) groups is 1. The third-order valence-corrected chi connectivity index (χ3v) is 5.02. The number of thioether (sulfide) groups is 1. The van der Waals surface area contributed by atoms with Gasteiger partial charge in [-0.2, -0.15) is 0 Å². The van der Waals surface area contributed by atoms with Gasteiger partial charge in [-0.05, 0) is 32.9 Å². The van der Waals surface area contributed by atoms with Crippen LogP contribution in [0.25, 0.3) is 0 Å². The van der Waals surface area contributed by atoms with Crippen molar-refractivity contribution in [3.8, 4) is 0 Å². The lowest BCUT2D eigenvalue weighted by molar-refractivity contribution is -0.156. The first-order chi connectivity index (χ1) is 8.35. The minimum absolute atomic E-state index is 0.139. The quantitative estimate of drug-likeness (QED) is 0.849. The Bertz CT molecular complexity index is 442. The second kappa shape index (κ2) is 5.41. The molecule has 1 aliphatic heterocycles. The van der Waals surface area contributed by atoms with Crippen LogP contribution in [0.4, 0.5) is 0 Å². The van der Waals surface area contributed by atoms with Crippen LogP contribution in [0, 0.1) is 0 Å². The maximum absolute atomic E-state index is 11.9. The predicted molar refractivity (Wildman–Crippen MR) is 77.3 cm³/mol. The molecule has 100 valence electrons. The zero-order chi connectivity index (χ0) is 13.3. The number of halogens is 1. The lowest BCUT2D eigenvalue weighted by Crippen LogP contribution is -2.39. The van der Waals surface area contributed by atoms with E-state index in [9.17, 15) is 4.79 Å². The van der Waals surface area contributed by atoms with Gasteiger partial charge in [0.05, 0.1) is 9.71 Å². The number of carbonyl (C=O) groups excluding carboxylic acids is 1. The Labute approximate surface area is 120 Å². The van der Waals surface area contributed by atoms with E-state index in [1.807, 2.05) is 32.9 Å². The smallest absolute Gasteiger partial charge is 0.324 e. The van der Waals surface area contributed by atoms with Gasteiger partial charge in [-0.3, -0.25) is 10.1 Å². The zero-order valence-electron chi connectivity index (χ0n) is 10.5. The summed E-state index contributed by atoms with van der Waals surface area (Å²) in [7, 11) is 0. The van der Waals surface area contributed by atoms with Crippen molar-refractivity contribution in [1.29, 1.82) is 0 Å². The van der Waals surface area contributed by atoms with Crippen molar-refractivity contribution < 1.29 is 9.53 Å². The van der Waals surface area contributed by atoms with Crippen molar-refractivity contribution in [3.05, 3.63) is 21.3 Å². The van der Waals surface area contributed by atoms with Gasteiger partial charge in [0.15, 0.2) is 0 Å². The molecule has 2 heterocycles. The summed E-state index contributed by atoms with van der Waals surface area (Å²) >= 11 is 9.17. The number of hydrogen-bond donors (Lipinski definition) is 1. The SMILES string of the molecule is CC(C)(C)OC(=O)C1CSC(c2ccc(Cl)s2)N1. The third kappa shape index (κ3) is 3.63. The molecule has 3 nitrogen and oxygen atoms in total. The molecule has 1 aromatic heterocycles. The van der Waals surface area contributed by atoms with Gasteiger partial charge in [0.2, 0.25) is 0 Å². The molecule has 0 spiro atoms. The van der Waals surface area contributed by atoms with E-state index in [-0.39, 0.29) is 17.4 Å². The largest absolute Gasteiger partial charge is 0.459 e. The molecule has 1 aromatic rings. The lowest BCUT2D eigenvalue weighted by atomic mass is 10.2. The highest BCUT2D eigenvalue weighted by Gasteiger charge is 2.34. The number of thiophene rings is 1. The molecule has 0 amide bonds. The molecule has 6 heteroatoms. The van der Waals surface area contributed by atoms with Crippen molar-refractivity contribution in [2.75, 3.05) is 5.75 Å². The molecule has 1 N–H and O–H groups in total. The van der Waals surface area contributed by atoms with Crippen LogP contribution in [-0.4, -0.2) is 23.4 Å². The predicted octanol–water partition coefficient (Wildman–Crippen LogP) is 3.45. The van der Waals surface area contributed by atoms with Crippen LogP contribution in [0.2, 0.25) is 4.34 Å². The normalized spacial score (nSPS) is 24.2. The maximum atomic E-state index is 11.9. The van der Waals surface area contributed by atoms with Gasteiger partial charge in [0.25, 0.3) is 0 Å². The Kier molecular flexibility index (Phi) is 4.26. The second-order valence-corrected chi connectivity index (χ2v) is 7.99. The van der Waals surface area contributed by atoms with Crippen molar-refractivity contribution in [2.45, 2.75) is 37.8 Å². The Morgan fingerprint density at radius 1 is 1.50 bits per heavy atom. The fourth-order valence-corrected chi connectivity index (χ4v) is 4.09. The van der Waals surface area contributed by atoms with Crippen molar-refractivity contribution in [2.24, 2.45) is 0 Å². The first kappa shape index (κ1) is 14.2. The summed E-state index contributed by atoms with van der Waals surface area (Å²) in [6.45, 7) is 5.64. The molecule has 0 radical (unpaired) electrons. The summed E-state index contributed by atoms with van der Waals surface area (Å²) in [5, 5.41) is 3.42. The van der Waals surface area contributed by atoms with E-state index in [1.54, 1.807) is 23.1 Å². The van der Waals surface area contributed by atoms with E-state index in [1.165, 1.54) is 0 Å². The summed E-state index contributed by atoms with van der Waals surface area (Å²) in [6.07, 6.45) is 0. The van der Waals surface area contributed by atoms with Crippen LogP contribution in [0.3, 0.4) is 0 Å². The highest BCUT2D eigenvalue weighted by molar-refractivity contribution is 7.99. The van der Waals surface area contributed by atoms with Crippen molar-refractivity contribution in [3.63, 3.8) is 0 Å². The van der Waals surface area contributed by atoms with Gasteiger partial charge in [-0.15, -0.1) is 23.1 Å². The summed E-state index contributed by atoms with van der Waals surface area (Å²) in [6, 6.07) is 3.64. The molecule has 0 bridgehead atoms. The van der Waals surface area contributed by atoms with Gasteiger partial charge in [-0.1, -0.05) is 11.6 Å². The van der Waals surface area contributed by atoms with E-state index in [2.05, 4.69) is 5.32 Å². The Morgan fingerprint density at radius 2 is 2.22 bits per heavy atom. The monoisotopic (exact) mass is 305 g/mol. The average molecular weight is 306 g/mol. The Balaban J connectivity index is 1.94. The maximum Gasteiger partial charge on any atom is 0.324 e. The summed E-state index contributed by atoms with van der Waals surface area (Å²) < 4.78 is 6.15. The number of nitrogens with one attached hydrogen (secondary N) is 1. The van der Waals surface area contributed by atoms with Gasteiger partial charge < -0.3 is 4.74 Å². The molecular formula is C12H16ClNO2S2. The molecule has 2 unspecified atom stereocenters. The van der Waals surface area contributed by atoms with Crippen LogP contribution in [0.1, 0.15) is 31.0 Å². The van der Waals surface area contributed by atoms with Gasteiger partial charge in [0, 0.05) is 10.6 Å². The van der Waals surface area contributed by atoms with Gasteiger partial charge in [0.1, 0.15) is 11.6 Å². The van der Waals surface area contributed by atoms with Crippen LogP contribution in [0.5, 0.6) is 0 Å². The minimum Gasteiger partial charge on any atom is -0.459 e. The fourth-order valence-electron chi connectivity index (χ4n) is 1.61. The van der Waals surface area contributed by atoms with E-state index in [0.29, 0.717) is 0 Å². The topological polar surface area (TPSA) is 38.3 Å². The van der Waals surface area contributed by atoms with Gasteiger partial charge in [-0.25, -0.2) is 0 Å². The minimum atomic E-state index is -0.437. The summed E-state index contributed by atoms with van der Waals surface area (Å²) in [5.74, 6) is 0.551. The molecule has 18 heavy (non-hydrogen) atoms. The zero-order valence-corrected chi connectivity index (χ0v) is 12.9. The van der Waals surface area contributed by atoms with Gasteiger partial charge >= 0.3 is 5.97 Å². The standard InChI is InChI=1S/C12H16ClNO2S2/c1-12(2,3)16-11(15)7-6-17-10(14-7)8-4-5-9(13)18-8/h4-5,7,10,14H,6H2,1-3H3. The molecule has 0 aliphatic carbocycles. The van der Waals surface area contributed by atoms with Crippen molar-refractivity contribution in [1.82, 2.24) is 5.32 Å². The number of rotatable bonds is 2. The van der Waals surface area contributed by atoms with E-state index < -0.39 is 5.60 Å².